The molecule has 2 nitrogen and oxygen atoms in total. The van der Waals surface area contributed by atoms with Crippen LogP contribution >= 0.6 is 0 Å². The first kappa shape index (κ1) is 16.9. The van der Waals surface area contributed by atoms with Gasteiger partial charge in [0.2, 0.25) is 0 Å². The van der Waals surface area contributed by atoms with E-state index >= 15 is 0 Å². The second-order valence-electron chi connectivity index (χ2n) is 6.30. The van der Waals surface area contributed by atoms with Crippen molar-refractivity contribution in [1.82, 2.24) is 5.32 Å². The molecule has 0 heterocycles. The Morgan fingerprint density at radius 3 is 2.30 bits per heavy atom. The molecule has 0 amide bonds. The summed E-state index contributed by atoms with van der Waals surface area (Å²) in [5.74, 6) is 1.63. The van der Waals surface area contributed by atoms with E-state index < -0.39 is 0 Å². The van der Waals surface area contributed by atoms with Gasteiger partial charge in [-0.2, -0.15) is 0 Å². The van der Waals surface area contributed by atoms with Crippen LogP contribution in [0.4, 0.5) is 0 Å². The average molecular weight is 275 g/mol. The molecule has 0 bridgehead atoms. The maximum Gasteiger partial charge on any atom is 0.137 e. The van der Waals surface area contributed by atoms with Gasteiger partial charge in [0, 0.05) is 0 Å². The monoisotopic (exact) mass is 275 g/mol. The first-order chi connectivity index (χ1) is 9.54. The molecule has 0 radical (unpaired) electrons. The maximum absolute atomic E-state index is 10.9. The molecule has 0 aliphatic carbocycles. The van der Waals surface area contributed by atoms with Crippen molar-refractivity contribution in [2.24, 2.45) is 11.8 Å². The van der Waals surface area contributed by atoms with Gasteiger partial charge < -0.3 is 10.1 Å². The molecule has 2 heteroatoms. The van der Waals surface area contributed by atoms with Crippen molar-refractivity contribution >= 4 is 6.29 Å². The molecule has 0 spiro atoms. The summed E-state index contributed by atoms with van der Waals surface area (Å²) in [6.45, 7) is 9.66. The lowest BCUT2D eigenvalue weighted by Crippen LogP contribution is -2.36. The van der Waals surface area contributed by atoms with Gasteiger partial charge in [0.05, 0.1) is 6.04 Å². The molecule has 0 aliphatic heterocycles. The summed E-state index contributed by atoms with van der Waals surface area (Å²) in [5.41, 5.74) is 1.42. The largest absolute Gasteiger partial charge is 0.307 e. The molecule has 0 fully saturated rings. The lowest BCUT2D eigenvalue weighted by Gasteiger charge is -2.20. The summed E-state index contributed by atoms with van der Waals surface area (Å²) >= 11 is 0. The Hall–Kier alpha value is -1.15. The fourth-order valence-corrected chi connectivity index (χ4v) is 2.58. The summed E-state index contributed by atoms with van der Waals surface area (Å²) in [7, 11) is 0. The number of aldehydes is 1. The Kier molecular flexibility index (Phi) is 7.53. The van der Waals surface area contributed by atoms with E-state index in [1.54, 1.807) is 0 Å². The number of hydrogen-bond acceptors (Lipinski definition) is 2. The number of benzene rings is 1. The van der Waals surface area contributed by atoms with Gasteiger partial charge in [0.15, 0.2) is 0 Å². The van der Waals surface area contributed by atoms with Gasteiger partial charge in [0.25, 0.3) is 0 Å². The molecule has 0 saturated heterocycles. The number of rotatable bonds is 9. The SMILES string of the molecule is CC(C[C@@H](C)CCNC(C=O)C(C)C)c1ccccc1. The van der Waals surface area contributed by atoms with Gasteiger partial charge in [-0.25, -0.2) is 0 Å². The van der Waals surface area contributed by atoms with Crippen LogP contribution in [-0.2, 0) is 4.79 Å². The minimum atomic E-state index is -0.00579. The third-order valence-corrected chi connectivity index (χ3v) is 4.01. The van der Waals surface area contributed by atoms with Crippen LogP contribution in [0.2, 0.25) is 0 Å². The van der Waals surface area contributed by atoms with Crippen LogP contribution in [0, 0.1) is 11.8 Å². The second kappa shape index (κ2) is 8.91. The lowest BCUT2D eigenvalue weighted by molar-refractivity contribution is -0.110. The number of carbonyl (C=O) groups excluding carboxylic acids is 1. The average Bonchev–Trinajstić information content (AvgIpc) is 2.44. The van der Waals surface area contributed by atoms with Crippen LogP contribution in [-0.4, -0.2) is 18.9 Å². The van der Waals surface area contributed by atoms with Crippen molar-refractivity contribution in [3.63, 3.8) is 0 Å². The minimum Gasteiger partial charge on any atom is -0.307 e. The summed E-state index contributed by atoms with van der Waals surface area (Å²) in [4.78, 5) is 10.9. The Balaban J connectivity index is 2.30. The van der Waals surface area contributed by atoms with E-state index in [0.29, 0.717) is 17.8 Å². The lowest BCUT2D eigenvalue weighted by atomic mass is 9.89. The molecule has 0 aromatic heterocycles. The van der Waals surface area contributed by atoms with Crippen LogP contribution in [0.5, 0.6) is 0 Å². The van der Waals surface area contributed by atoms with E-state index in [1.165, 1.54) is 12.0 Å². The summed E-state index contributed by atoms with van der Waals surface area (Å²) in [6, 6.07) is 10.7. The smallest absolute Gasteiger partial charge is 0.137 e. The van der Waals surface area contributed by atoms with Crippen molar-refractivity contribution in [1.29, 1.82) is 0 Å². The molecule has 112 valence electrons. The second-order valence-corrected chi connectivity index (χ2v) is 6.30. The zero-order valence-corrected chi connectivity index (χ0v) is 13.3. The van der Waals surface area contributed by atoms with Crippen molar-refractivity contribution < 1.29 is 4.79 Å². The van der Waals surface area contributed by atoms with E-state index in [2.05, 4.69) is 63.3 Å². The van der Waals surface area contributed by atoms with Gasteiger partial charge >= 0.3 is 0 Å². The van der Waals surface area contributed by atoms with E-state index in [1.807, 2.05) is 0 Å². The number of carbonyl (C=O) groups is 1. The topological polar surface area (TPSA) is 29.1 Å². The van der Waals surface area contributed by atoms with Crippen molar-refractivity contribution in [2.45, 2.75) is 52.5 Å². The Bertz CT molecular complexity index is 374. The van der Waals surface area contributed by atoms with E-state index in [4.69, 9.17) is 0 Å². The molecule has 0 aliphatic rings. The molecule has 3 atom stereocenters. The summed E-state index contributed by atoms with van der Waals surface area (Å²) in [6.07, 6.45) is 3.34. The van der Waals surface area contributed by atoms with Crippen LogP contribution in [0.1, 0.15) is 52.0 Å². The maximum atomic E-state index is 10.9. The molecule has 1 N–H and O–H groups in total. The fraction of sp³-hybridized carbons (Fsp3) is 0.611. The van der Waals surface area contributed by atoms with Gasteiger partial charge in [-0.15, -0.1) is 0 Å². The minimum absolute atomic E-state index is 0.00579. The fourth-order valence-electron chi connectivity index (χ4n) is 2.58. The Labute approximate surface area is 124 Å². The third-order valence-electron chi connectivity index (χ3n) is 4.01. The highest BCUT2D eigenvalue weighted by Gasteiger charge is 2.13. The first-order valence-corrected chi connectivity index (χ1v) is 7.78. The van der Waals surface area contributed by atoms with Gasteiger partial charge in [-0.05, 0) is 42.7 Å². The molecule has 2 unspecified atom stereocenters. The van der Waals surface area contributed by atoms with E-state index in [0.717, 1.165) is 19.3 Å². The van der Waals surface area contributed by atoms with Crippen LogP contribution in [0.3, 0.4) is 0 Å². The van der Waals surface area contributed by atoms with Crippen molar-refractivity contribution in [2.75, 3.05) is 6.54 Å². The van der Waals surface area contributed by atoms with Crippen molar-refractivity contribution in [3.8, 4) is 0 Å². The number of nitrogens with one attached hydrogen (secondary N) is 1. The highest BCUT2D eigenvalue weighted by molar-refractivity contribution is 5.57. The summed E-state index contributed by atoms with van der Waals surface area (Å²) < 4.78 is 0. The highest BCUT2D eigenvalue weighted by atomic mass is 16.1. The van der Waals surface area contributed by atoms with Gasteiger partial charge in [-0.1, -0.05) is 58.0 Å². The predicted molar refractivity (Wildman–Crippen MR) is 85.9 cm³/mol. The van der Waals surface area contributed by atoms with Gasteiger partial charge in [0.1, 0.15) is 6.29 Å². The molecular formula is C18H29NO. The first-order valence-electron chi connectivity index (χ1n) is 7.78. The van der Waals surface area contributed by atoms with Gasteiger partial charge in [-0.3, -0.25) is 0 Å². The van der Waals surface area contributed by atoms with Crippen LogP contribution in [0.15, 0.2) is 30.3 Å². The molecule has 1 aromatic rings. The Morgan fingerprint density at radius 1 is 1.10 bits per heavy atom. The highest BCUT2D eigenvalue weighted by Crippen LogP contribution is 2.24. The molecule has 20 heavy (non-hydrogen) atoms. The molecular weight excluding hydrogens is 246 g/mol. The van der Waals surface area contributed by atoms with Crippen molar-refractivity contribution in [3.05, 3.63) is 35.9 Å². The zero-order chi connectivity index (χ0) is 15.0. The molecule has 1 rings (SSSR count). The number of hydrogen-bond donors (Lipinski definition) is 1. The standard InChI is InChI=1S/C18H29NO/c1-14(2)18(13-20)19-11-10-15(3)12-16(4)17-8-6-5-7-9-17/h5-9,13-16,18-19H,10-12H2,1-4H3/t15-,16?,18?/m0/s1. The van der Waals surface area contributed by atoms with Crippen LogP contribution < -0.4 is 5.32 Å². The third kappa shape index (κ3) is 5.87. The van der Waals surface area contributed by atoms with E-state index in [-0.39, 0.29) is 6.04 Å². The Morgan fingerprint density at radius 2 is 1.75 bits per heavy atom. The normalized spacial score (nSPS) is 15.8. The van der Waals surface area contributed by atoms with E-state index in [9.17, 15) is 4.79 Å². The zero-order valence-electron chi connectivity index (χ0n) is 13.3. The summed E-state index contributed by atoms with van der Waals surface area (Å²) in [5, 5.41) is 3.34. The molecule has 0 saturated carbocycles. The molecule has 1 aromatic carbocycles. The quantitative estimate of drug-likeness (QED) is 0.690. The van der Waals surface area contributed by atoms with Crippen LogP contribution in [0.25, 0.3) is 0 Å². The predicted octanol–water partition coefficient (Wildman–Crippen LogP) is 4.02.